The first-order chi connectivity index (χ1) is 6.29. The van der Waals surface area contributed by atoms with Crippen molar-refractivity contribution in [3.63, 3.8) is 0 Å². The third-order valence-electron chi connectivity index (χ3n) is 2.49. The normalized spacial score (nSPS) is 17.6. The van der Waals surface area contributed by atoms with E-state index < -0.39 is 0 Å². The van der Waals surface area contributed by atoms with Gasteiger partial charge in [0.05, 0.1) is 6.04 Å². The van der Waals surface area contributed by atoms with E-state index in [0.29, 0.717) is 5.76 Å². The minimum absolute atomic E-state index is 0. The number of aliphatic hydroxyl groups excluding tert-OH is 1. The van der Waals surface area contributed by atoms with Crippen molar-refractivity contribution in [2.45, 2.75) is 31.9 Å². The minimum Gasteiger partial charge on any atom is -0.462 e. The van der Waals surface area contributed by atoms with Crippen molar-refractivity contribution in [2.24, 2.45) is 11.7 Å². The van der Waals surface area contributed by atoms with Crippen LogP contribution in [0, 0.1) is 5.92 Å². The van der Waals surface area contributed by atoms with Crippen LogP contribution < -0.4 is 5.73 Å². The molecule has 0 amide bonds. The van der Waals surface area contributed by atoms with Crippen molar-refractivity contribution in [2.75, 3.05) is 0 Å². The minimum atomic E-state index is -0.0455. The fourth-order valence-electron chi connectivity index (χ4n) is 1.51. The van der Waals surface area contributed by atoms with Crippen LogP contribution in [0.3, 0.4) is 0 Å². The third-order valence-corrected chi connectivity index (χ3v) is 2.49. The van der Waals surface area contributed by atoms with Gasteiger partial charge in [0.1, 0.15) is 18.1 Å². The molecule has 0 unspecified atom stereocenters. The molecule has 1 aromatic rings. The molecule has 0 bridgehead atoms. The third kappa shape index (κ3) is 2.74. The summed E-state index contributed by atoms with van der Waals surface area (Å²) in [5.74, 6) is 2.20. The lowest BCUT2D eigenvalue weighted by Crippen LogP contribution is -2.09. The molecule has 0 spiro atoms. The summed E-state index contributed by atoms with van der Waals surface area (Å²) in [5, 5.41) is 8.79. The van der Waals surface area contributed by atoms with E-state index in [-0.39, 0.29) is 25.1 Å². The molecule has 80 valence electrons. The van der Waals surface area contributed by atoms with Gasteiger partial charge in [-0.05, 0) is 24.5 Å². The molecular formula is C10H16ClNO2. The zero-order valence-corrected chi connectivity index (χ0v) is 8.80. The van der Waals surface area contributed by atoms with E-state index >= 15 is 0 Å². The van der Waals surface area contributed by atoms with Crippen LogP contribution in [0.25, 0.3) is 0 Å². The summed E-state index contributed by atoms with van der Waals surface area (Å²) >= 11 is 0. The van der Waals surface area contributed by atoms with Gasteiger partial charge >= 0.3 is 0 Å². The Kier molecular flexibility index (Phi) is 3.98. The number of aliphatic hydroxyl groups is 1. The second-order valence-corrected chi connectivity index (χ2v) is 3.75. The van der Waals surface area contributed by atoms with Gasteiger partial charge in [0.25, 0.3) is 0 Å². The molecule has 1 aliphatic carbocycles. The Labute approximate surface area is 89.7 Å². The molecule has 3 N–H and O–H groups in total. The quantitative estimate of drug-likeness (QED) is 0.811. The number of hydrogen-bond acceptors (Lipinski definition) is 3. The summed E-state index contributed by atoms with van der Waals surface area (Å²) in [6.45, 7) is -0.0455. The molecule has 0 aliphatic heterocycles. The van der Waals surface area contributed by atoms with Crippen LogP contribution in [0.1, 0.15) is 36.8 Å². The number of furan rings is 1. The summed E-state index contributed by atoms with van der Waals surface area (Å²) in [6.07, 6.45) is 3.63. The summed E-state index contributed by atoms with van der Waals surface area (Å²) in [5.41, 5.74) is 5.93. The van der Waals surface area contributed by atoms with Gasteiger partial charge in [-0.15, -0.1) is 12.4 Å². The molecule has 0 radical (unpaired) electrons. The number of nitrogens with two attached hydrogens (primary N) is 1. The lowest BCUT2D eigenvalue weighted by molar-refractivity contribution is 0.240. The van der Waals surface area contributed by atoms with Crippen molar-refractivity contribution >= 4 is 12.4 Å². The van der Waals surface area contributed by atoms with Gasteiger partial charge in [-0.2, -0.15) is 0 Å². The van der Waals surface area contributed by atoms with Crippen LogP contribution in [-0.4, -0.2) is 5.11 Å². The Balaban J connectivity index is 0.000000980. The van der Waals surface area contributed by atoms with Crippen LogP contribution in [0.15, 0.2) is 16.5 Å². The van der Waals surface area contributed by atoms with E-state index in [0.717, 1.165) is 18.1 Å². The fraction of sp³-hybridized carbons (Fsp3) is 0.600. The van der Waals surface area contributed by atoms with E-state index in [1.807, 2.05) is 6.07 Å². The van der Waals surface area contributed by atoms with Crippen molar-refractivity contribution in [3.8, 4) is 0 Å². The predicted molar refractivity (Wildman–Crippen MR) is 56.1 cm³/mol. The van der Waals surface area contributed by atoms with Gasteiger partial charge in [0, 0.05) is 0 Å². The highest BCUT2D eigenvalue weighted by Gasteiger charge is 2.25. The second kappa shape index (κ2) is 4.82. The number of halogens is 1. The molecule has 0 saturated heterocycles. The number of rotatable bonds is 4. The molecule has 1 fully saturated rings. The largest absolute Gasteiger partial charge is 0.462 e. The van der Waals surface area contributed by atoms with E-state index in [1.165, 1.54) is 12.8 Å². The molecule has 1 aliphatic rings. The first-order valence-electron chi connectivity index (χ1n) is 4.74. The zero-order valence-electron chi connectivity index (χ0n) is 7.98. The second-order valence-electron chi connectivity index (χ2n) is 3.75. The van der Waals surface area contributed by atoms with Crippen LogP contribution in [0.5, 0.6) is 0 Å². The van der Waals surface area contributed by atoms with E-state index in [4.69, 9.17) is 15.3 Å². The molecule has 1 atom stereocenters. The van der Waals surface area contributed by atoms with Gasteiger partial charge in [0.2, 0.25) is 0 Å². The molecular weight excluding hydrogens is 202 g/mol. The van der Waals surface area contributed by atoms with E-state index in [1.54, 1.807) is 6.07 Å². The highest BCUT2D eigenvalue weighted by molar-refractivity contribution is 5.85. The molecule has 0 aromatic carbocycles. The highest BCUT2D eigenvalue weighted by Crippen LogP contribution is 2.36. The maximum Gasteiger partial charge on any atom is 0.129 e. The average molecular weight is 218 g/mol. The van der Waals surface area contributed by atoms with Gasteiger partial charge in [-0.3, -0.25) is 0 Å². The topological polar surface area (TPSA) is 59.4 Å². The van der Waals surface area contributed by atoms with Crippen LogP contribution in [-0.2, 0) is 6.61 Å². The first-order valence-corrected chi connectivity index (χ1v) is 4.74. The molecule has 14 heavy (non-hydrogen) atoms. The van der Waals surface area contributed by atoms with Crippen molar-refractivity contribution in [1.82, 2.24) is 0 Å². The standard InChI is InChI=1S/C10H15NO2.ClH/c11-9(5-7-1-2-7)10-4-3-8(6-12)13-10;/h3-4,7,9,12H,1-2,5-6,11H2;1H/t9-;/m0./s1. The molecule has 1 saturated carbocycles. The van der Waals surface area contributed by atoms with Gasteiger partial charge in [-0.25, -0.2) is 0 Å². The zero-order chi connectivity index (χ0) is 9.26. The van der Waals surface area contributed by atoms with E-state index in [9.17, 15) is 0 Å². The van der Waals surface area contributed by atoms with Crippen LogP contribution in [0.2, 0.25) is 0 Å². The van der Waals surface area contributed by atoms with Crippen molar-refractivity contribution in [3.05, 3.63) is 23.7 Å². The molecule has 3 nitrogen and oxygen atoms in total. The lowest BCUT2D eigenvalue weighted by atomic mass is 10.1. The molecule has 1 heterocycles. The highest BCUT2D eigenvalue weighted by atomic mass is 35.5. The predicted octanol–water partition coefficient (Wildman–Crippen LogP) is 1.99. The molecule has 1 aromatic heterocycles. The maximum absolute atomic E-state index is 8.79. The SMILES string of the molecule is Cl.N[C@@H](CC1CC1)c1ccc(CO)o1. The summed E-state index contributed by atoms with van der Waals surface area (Å²) in [4.78, 5) is 0. The fourth-order valence-corrected chi connectivity index (χ4v) is 1.51. The Bertz CT molecular complexity index is 283. The van der Waals surface area contributed by atoms with Gasteiger partial charge < -0.3 is 15.3 Å². The first kappa shape index (κ1) is 11.6. The van der Waals surface area contributed by atoms with Crippen molar-refractivity contribution in [1.29, 1.82) is 0 Å². The summed E-state index contributed by atoms with van der Waals surface area (Å²) < 4.78 is 5.35. The summed E-state index contributed by atoms with van der Waals surface area (Å²) in [7, 11) is 0. The maximum atomic E-state index is 8.79. The monoisotopic (exact) mass is 217 g/mol. The summed E-state index contributed by atoms with van der Waals surface area (Å²) in [6, 6.07) is 3.65. The van der Waals surface area contributed by atoms with Crippen LogP contribution in [0.4, 0.5) is 0 Å². The van der Waals surface area contributed by atoms with Crippen LogP contribution >= 0.6 is 12.4 Å². The Morgan fingerprint density at radius 2 is 2.21 bits per heavy atom. The van der Waals surface area contributed by atoms with Gasteiger partial charge in [-0.1, -0.05) is 12.8 Å². The van der Waals surface area contributed by atoms with Crippen molar-refractivity contribution < 1.29 is 9.52 Å². The Hall–Kier alpha value is -0.510. The number of hydrogen-bond donors (Lipinski definition) is 2. The smallest absolute Gasteiger partial charge is 0.129 e. The van der Waals surface area contributed by atoms with E-state index in [2.05, 4.69) is 0 Å². The Morgan fingerprint density at radius 3 is 2.71 bits per heavy atom. The van der Waals surface area contributed by atoms with Gasteiger partial charge in [0.15, 0.2) is 0 Å². The lowest BCUT2D eigenvalue weighted by Gasteiger charge is -2.06. The average Bonchev–Trinajstić information content (AvgIpc) is 2.82. The Morgan fingerprint density at radius 1 is 1.50 bits per heavy atom. The molecule has 2 rings (SSSR count). The molecule has 4 heteroatoms.